The number of hydrogen-bond donors (Lipinski definition) is 2. The minimum absolute atomic E-state index is 0.0690. The average molecular weight is 327 g/mol. The zero-order valence-corrected chi connectivity index (χ0v) is 13.1. The van der Waals surface area contributed by atoms with Crippen LogP contribution in [0.4, 0.5) is 10.1 Å². The lowest BCUT2D eigenvalue weighted by molar-refractivity contribution is -0.115. The summed E-state index contributed by atoms with van der Waals surface area (Å²) in [6.07, 6.45) is 4.60. The van der Waals surface area contributed by atoms with Gasteiger partial charge in [-0.05, 0) is 60.6 Å². The maximum atomic E-state index is 13.7. The number of hydrogen-bond acceptors (Lipinski definition) is 2. The number of halogens is 1. The van der Waals surface area contributed by atoms with Crippen LogP contribution in [-0.2, 0) is 24.1 Å². The SMILES string of the molecule is O=C(Cc1ccc2c(c1)CCCC2)Nc1cc(C(=O)O)ccc1F. The third kappa shape index (κ3) is 3.62. The molecular weight excluding hydrogens is 309 g/mol. The number of anilines is 1. The number of aryl methyl sites for hydroxylation is 2. The number of aromatic carboxylic acids is 1. The molecule has 2 aromatic carbocycles. The van der Waals surface area contributed by atoms with Crippen molar-refractivity contribution in [2.75, 3.05) is 5.32 Å². The van der Waals surface area contributed by atoms with Crippen molar-refractivity contribution in [1.29, 1.82) is 0 Å². The van der Waals surface area contributed by atoms with E-state index in [0.717, 1.165) is 43.0 Å². The summed E-state index contributed by atoms with van der Waals surface area (Å²) in [5.74, 6) is -2.19. The summed E-state index contributed by atoms with van der Waals surface area (Å²) in [5.41, 5.74) is 3.32. The van der Waals surface area contributed by atoms with Gasteiger partial charge in [-0.2, -0.15) is 0 Å². The first kappa shape index (κ1) is 16.2. The predicted molar refractivity (Wildman–Crippen MR) is 88.8 cm³/mol. The van der Waals surface area contributed by atoms with Gasteiger partial charge in [-0.15, -0.1) is 0 Å². The van der Waals surface area contributed by atoms with E-state index in [9.17, 15) is 14.0 Å². The lowest BCUT2D eigenvalue weighted by Gasteiger charge is -2.16. The first-order valence-corrected chi connectivity index (χ1v) is 7.96. The van der Waals surface area contributed by atoms with Gasteiger partial charge >= 0.3 is 5.97 Å². The fourth-order valence-corrected chi connectivity index (χ4v) is 3.03. The number of carbonyl (C=O) groups excluding carboxylic acids is 1. The Morgan fingerprint density at radius 1 is 1.04 bits per heavy atom. The molecule has 0 spiro atoms. The zero-order valence-electron chi connectivity index (χ0n) is 13.1. The number of benzene rings is 2. The number of carbonyl (C=O) groups is 2. The topological polar surface area (TPSA) is 66.4 Å². The van der Waals surface area contributed by atoms with Crippen molar-refractivity contribution < 1.29 is 19.1 Å². The third-order valence-corrected chi connectivity index (χ3v) is 4.26. The quantitative estimate of drug-likeness (QED) is 0.902. The fourth-order valence-electron chi connectivity index (χ4n) is 3.03. The summed E-state index contributed by atoms with van der Waals surface area (Å²) in [6.45, 7) is 0. The molecule has 1 aliphatic rings. The number of amides is 1. The van der Waals surface area contributed by atoms with E-state index in [1.54, 1.807) is 0 Å². The molecule has 0 saturated heterocycles. The van der Waals surface area contributed by atoms with Crippen molar-refractivity contribution in [3.8, 4) is 0 Å². The fraction of sp³-hybridized carbons (Fsp3) is 0.263. The van der Waals surface area contributed by atoms with Crippen LogP contribution in [0.3, 0.4) is 0 Å². The number of rotatable bonds is 4. The summed E-state index contributed by atoms with van der Waals surface area (Å²) < 4.78 is 13.7. The van der Waals surface area contributed by atoms with Gasteiger partial charge in [0, 0.05) is 0 Å². The Bertz CT molecular complexity index is 801. The molecule has 3 rings (SSSR count). The lowest BCUT2D eigenvalue weighted by atomic mass is 9.90. The highest BCUT2D eigenvalue weighted by molar-refractivity contribution is 5.95. The maximum absolute atomic E-state index is 13.7. The minimum atomic E-state index is -1.17. The van der Waals surface area contributed by atoms with E-state index in [1.165, 1.54) is 17.5 Å². The molecule has 0 aliphatic heterocycles. The van der Waals surface area contributed by atoms with Crippen molar-refractivity contribution >= 4 is 17.6 Å². The normalized spacial score (nSPS) is 13.2. The predicted octanol–water partition coefficient (Wildman–Crippen LogP) is 3.58. The summed E-state index contributed by atoms with van der Waals surface area (Å²) in [7, 11) is 0. The Kier molecular flexibility index (Phi) is 4.60. The Labute approximate surface area is 139 Å². The molecule has 1 aliphatic carbocycles. The molecule has 5 heteroatoms. The van der Waals surface area contributed by atoms with Gasteiger partial charge in [0.05, 0.1) is 17.7 Å². The van der Waals surface area contributed by atoms with Crippen LogP contribution >= 0.6 is 0 Å². The van der Waals surface area contributed by atoms with Crippen LogP contribution in [0.2, 0.25) is 0 Å². The van der Waals surface area contributed by atoms with E-state index in [-0.39, 0.29) is 23.6 Å². The average Bonchev–Trinajstić information content (AvgIpc) is 2.56. The van der Waals surface area contributed by atoms with E-state index in [0.29, 0.717) is 0 Å². The molecule has 0 fully saturated rings. The van der Waals surface area contributed by atoms with E-state index >= 15 is 0 Å². The highest BCUT2D eigenvalue weighted by Crippen LogP contribution is 2.23. The second-order valence-corrected chi connectivity index (χ2v) is 6.03. The van der Waals surface area contributed by atoms with Crippen molar-refractivity contribution in [1.82, 2.24) is 0 Å². The Balaban J connectivity index is 1.72. The smallest absolute Gasteiger partial charge is 0.335 e. The van der Waals surface area contributed by atoms with Crippen LogP contribution < -0.4 is 5.32 Å². The molecule has 0 unspecified atom stereocenters. The third-order valence-electron chi connectivity index (χ3n) is 4.26. The van der Waals surface area contributed by atoms with Crippen LogP contribution in [0, 0.1) is 5.82 Å². The van der Waals surface area contributed by atoms with Crippen LogP contribution in [0.25, 0.3) is 0 Å². The van der Waals surface area contributed by atoms with Crippen LogP contribution in [0.5, 0.6) is 0 Å². The Morgan fingerprint density at radius 2 is 1.79 bits per heavy atom. The van der Waals surface area contributed by atoms with E-state index in [4.69, 9.17) is 5.11 Å². The van der Waals surface area contributed by atoms with E-state index in [1.807, 2.05) is 12.1 Å². The Morgan fingerprint density at radius 3 is 2.54 bits per heavy atom. The van der Waals surface area contributed by atoms with Gasteiger partial charge in [0.2, 0.25) is 5.91 Å². The second kappa shape index (κ2) is 6.83. The number of fused-ring (bicyclic) bond motifs is 1. The summed E-state index contributed by atoms with van der Waals surface area (Å²) in [6, 6.07) is 9.35. The lowest BCUT2D eigenvalue weighted by Crippen LogP contribution is -2.16. The molecule has 124 valence electrons. The van der Waals surface area contributed by atoms with Crippen LogP contribution in [-0.4, -0.2) is 17.0 Å². The monoisotopic (exact) mass is 327 g/mol. The number of carboxylic acid groups (broad SMARTS) is 1. The van der Waals surface area contributed by atoms with Crippen molar-refractivity contribution in [3.05, 3.63) is 64.5 Å². The highest BCUT2D eigenvalue weighted by atomic mass is 19.1. The van der Waals surface area contributed by atoms with Gasteiger partial charge in [0.15, 0.2) is 0 Å². The Hall–Kier alpha value is -2.69. The van der Waals surface area contributed by atoms with Crippen LogP contribution in [0.15, 0.2) is 36.4 Å². The van der Waals surface area contributed by atoms with Crippen LogP contribution in [0.1, 0.15) is 39.9 Å². The van der Waals surface area contributed by atoms with Gasteiger partial charge in [-0.1, -0.05) is 18.2 Å². The largest absolute Gasteiger partial charge is 0.478 e. The first-order valence-electron chi connectivity index (χ1n) is 7.96. The van der Waals surface area contributed by atoms with Gasteiger partial charge < -0.3 is 10.4 Å². The second-order valence-electron chi connectivity index (χ2n) is 6.03. The molecule has 0 heterocycles. The standard InChI is InChI=1S/C19H18FNO3/c20-16-8-7-15(19(23)24)11-17(16)21-18(22)10-12-5-6-13-3-1-2-4-14(13)9-12/h5-9,11H,1-4,10H2,(H,21,22)(H,23,24). The maximum Gasteiger partial charge on any atom is 0.335 e. The molecule has 0 radical (unpaired) electrons. The summed E-state index contributed by atoms with van der Waals surface area (Å²) in [5, 5.41) is 11.4. The summed E-state index contributed by atoms with van der Waals surface area (Å²) >= 11 is 0. The minimum Gasteiger partial charge on any atom is -0.478 e. The first-order chi connectivity index (χ1) is 11.5. The zero-order chi connectivity index (χ0) is 17.1. The molecule has 4 nitrogen and oxygen atoms in total. The molecular formula is C19H18FNO3. The summed E-state index contributed by atoms with van der Waals surface area (Å²) in [4.78, 5) is 23.1. The molecule has 24 heavy (non-hydrogen) atoms. The van der Waals surface area contributed by atoms with Gasteiger partial charge in [0.25, 0.3) is 0 Å². The van der Waals surface area contributed by atoms with Gasteiger partial charge in [-0.25, -0.2) is 9.18 Å². The molecule has 1 amide bonds. The van der Waals surface area contributed by atoms with E-state index in [2.05, 4.69) is 11.4 Å². The van der Waals surface area contributed by atoms with Crippen molar-refractivity contribution in [3.63, 3.8) is 0 Å². The molecule has 2 aromatic rings. The van der Waals surface area contributed by atoms with E-state index < -0.39 is 11.8 Å². The molecule has 2 N–H and O–H groups in total. The molecule has 0 aromatic heterocycles. The van der Waals surface area contributed by atoms with Crippen molar-refractivity contribution in [2.45, 2.75) is 32.1 Å². The highest BCUT2D eigenvalue weighted by Gasteiger charge is 2.13. The van der Waals surface area contributed by atoms with Gasteiger partial charge in [0.1, 0.15) is 5.82 Å². The molecule has 0 saturated carbocycles. The number of nitrogens with one attached hydrogen (secondary N) is 1. The van der Waals surface area contributed by atoms with Crippen molar-refractivity contribution in [2.24, 2.45) is 0 Å². The molecule has 0 atom stereocenters. The number of carboxylic acids is 1. The van der Waals surface area contributed by atoms with Gasteiger partial charge in [-0.3, -0.25) is 4.79 Å². The molecule has 0 bridgehead atoms.